The van der Waals surface area contributed by atoms with Crippen molar-refractivity contribution in [2.75, 3.05) is 0 Å². The Hall–Kier alpha value is -2.50. The smallest absolute Gasteiger partial charge is 0.255 e. The van der Waals surface area contributed by atoms with Crippen LogP contribution < -0.4 is 5.56 Å². The van der Waals surface area contributed by atoms with E-state index in [-0.39, 0.29) is 10.3 Å². The zero-order chi connectivity index (χ0) is 19.9. The molecule has 2 aromatic heterocycles. The summed E-state index contributed by atoms with van der Waals surface area (Å²) in [4.78, 5) is 21.6. The van der Waals surface area contributed by atoms with Crippen LogP contribution in [0.4, 0.5) is 0 Å². The minimum absolute atomic E-state index is 0.119. The van der Waals surface area contributed by atoms with E-state index in [1.165, 1.54) is 4.90 Å². The molecule has 0 spiro atoms. The van der Waals surface area contributed by atoms with Crippen molar-refractivity contribution in [1.29, 1.82) is 0 Å². The summed E-state index contributed by atoms with van der Waals surface area (Å²) in [6.07, 6.45) is 1.79. The number of benzene rings is 2. The number of pyridine rings is 1. The second-order valence-corrected chi connectivity index (χ2v) is 9.92. The van der Waals surface area contributed by atoms with Crippen molar-refractivity contribution in [2.24, 2.45) is 0 Å². The van der Waals surface area contributed by atoms with Crippen LogP contribution in [0.3, 0.4) is 0 Å². The summed E-state index contributed by atoms with van der Waals surface area (Å²) in [7, 11) is 0. The summed E-state index contributed by atoms with van der Waals surface area (Å²) < 4.78 is 1.72. The number of nitrogens with zero attached hydrogens (tertiary/aromatic N) is 2. The number of fused-ring (bicyclic) bond motifs is 1. The molecule has 0 saturated heterocycles. The molecule has 0 aliphatic rings. The monoisotopic (exact) mass is 409 g/mol. The highest BCUT2D eigenvalue weighted by molar-refractivity contribution is 8.00. The van der Waals surface area contributed by atoms with Crippen molar-refractivity contribution >= 4 is 34.4 Å². The van der Waals surface area contributed by atoms with E-state index < -0.39 is 0 Å². The van der Waals surface area contributed by atoms with Gasteiger partial charge in [0.15, 0.2) is 0 Å². The van der Waals surface area contributed by atoms with E-state index >= 15 is 0 Å². The molecule has 0 unspecified atom stereocenters. The Labute approximate surface area is 172 Å². The Morgan fingerprint density at radius 1 is 1.07 bits per heavy atom. The highest BCUT2D eigenvalue weighted by Crippen LogP contribution is 2.33. The number of H-pyrrole nitrogens is 1. The first-order valence-electron chi connectivity index (χ1n) is 8.96. The van der Waals surface area contributed by atoms with Crippen LogP contribution in [-0.4, -0.2) is 19.3 Å². The summed E-state index contributed by atoms with van der Waals surface area (Å²) in [6.45, 7) is 6.58. The van der Waals surface area contributed by atoms with Crippen LogP contribution in [-0.2, 0) is 0 Å². The number of rotatable bonds is 3. The minimum Gasteiger partial charge on any atom is -0.338 e. The van der Waals surface area contributed by atoms with Gasteiger partial charge < -0.3 is 4.98 Å². The molecule has 0 aliphatic heterocycles. The number of nitrogens with one attached hydrogen (secondary N) is 1. The lowest BCUT2D eigenvalue weighted by atomic mass is 10.2. The molecular formula is C22H20ClN3OS. The molecule has 2 heterocycles. The highest BCUT2D eigenvalue weighted by Gasteiger charge is 2.14. The predicted octanol–water partition coefficient (Wildman–Crippen LogP) is 5.92. The summed E-state index contributed by atoms with van der Waals surface area (Å²) >= 11 is 7.90. The van der Waals surface area contributed by atoms with E-state index in [1.54, 1.807) is 35.0 Å². The first kappa shape index (κ1) is 18.8. The Morgan fingerprint density at radius 3 is 2.64 bits per heavy atom. The van der Waals surface area contributed by atoms with E-state index in [0.717, 1.165) is 28.1 Å². The van der Waals surface area contributed by atoms with Crippen LogP contribution in [0.15, 0.2) is 70.5 Å². The molecule has 28 heavy (non-hydrogen) atoms. The maximum Gasteiger partial charge on any atom is 0.255 e. The van der Waals surface area contributed by atoms with E-state index in [0.29, 0.717) is 5.02 Å². The SMILES string of the molecule is CC(C)(C)Sc1ccc2nc(-c3ccc(=O)n(-c4cccc(Cl)c4)c3)[nH]c2c1. The van der Waals surface area contributed by atoms with Crippen LogP contribution >= 0.6 is 23.4 Å². The van der Waals surface area contributed by atoms with Gasteiger partial charge in [-0.1, -0.05) is 38.4 Å². The van der Waals surface area contributed by atoms with Gasteiger partial charge in [-0.2, -0.15) is 0 Å². The van der Waals surface area contributed by atoms with Crippen molar-refractivity contribution in [1.82, 2.24) is 14.5 Å². The van der Waals surface area contributed by atoms with E-state index in [1.807, 2.05) is 30.0 Å². The second-order valence-electron chi connectivity index (χ2n) is 7.58. The van der Waals surface area contributed by atoms with Crippen molar-refractivity contribution in [2.45, 2.75) is 30.4 Å². The van der Waals surface area contributed by atoms with E-state index in [4.69, 9.17) is 16.6 Å². The zero-order valence-electron chi connectivity index (χ0n) is 15.9. The summed E-state index contributed by atoms with van der Waals surface area (Å²) in [5.74, 6) is 0.726. The van der Waals surface area contributed by atoms with Crippen molar-refractivity contribution < 1.29 is 0 Å². The summed E-state index contributed by atoms with van der Waals surface area (Å²) in [6, 6.07) is 16.8. The molecule has 142 valence electrons. The molecular weight excluding hydrogens is 390 g/mol. The molecule has 0 aliphatic carbocycles. The third-order valence-corrected chi connectivity index (χ3v) is 5.49. The lowest BCUT2D eigenvalue weighted by Gasteiger charge is -2.17. The zero-order valence-corrected chi connectivity index (χ0v) is 17.4. The van der Waals surface area contributed by atoms with E-state index in [2.05, 4.69) is 37.9 Å². The molecule has 0 atom stereocenters. The fraction of sp³-hybridized carbons (Fsp3) is 0.182. The Morgan fingerprint density at radius 2 is 1.89 bits per heavy atom. The largest absolute Gasteiger partial charge is 0.338 e. The van der Waals surface area contributed by atoms with Gasteiger partial charge in [-0.05, 0) is 42.5 Å². The molecule has 0 fully saturated rings. The molecule has 2 aromatic carbocycles. The van der Waals surface area contributed by atoms with Crippen LogP contribution in [0.5, 0.6) is 0 Å². The average molecular weight is 410 g/mol. The molecule has 6 heteroatoms. The van der Waals surface area contributed by atoms with Crippen LogP contribution in [0.25, 0.3) is 28.1 Å². The van der Waals surface area contributed by atoms with Gasteiger partial charge in [-0.3, -0.25) is 9.36 Å². The van der Waals surface area contributed by atoms with Crippen LogP contribution in [0, 0.1) is 0 Å². The number of hydrogen-bond acceptors (Lipinski definition) is 3. The van der Waals surface area contributed by atoms with Gasteiger partial charge in [0.05, 0.1) is 16.7 Å². The van der Waals surface area contributed by atoms with Crippen LogP contribution in [0.1, 0.15) is 20.8 Å². The fourth-order valence-corrected chi connectivity index (χ4v) is 4.20. The van der Waals surface area contributed by atoms with Gasteiger partial charge in [0.25, 0.3) is 5.56 Å². The lowest BCUT2D eigenvalue weighted by molar-refractivity contribution is 0.803. The minimum atomic E-state index is -0.119. The molecule has 1 N–H and O–H groups in total. The Balaban J connectivity index is 1.76. The molecule has 0 bridgehead atoms. The molecule has 0 amide bonds. The fourth-order valence-electron chi connectivity index (χ4n) is 3.00. The number of imidazole rings is 1. The van der Waals surface area contributed by atoms with Crippen molar-refractivity contribution in [3.63, 3.8) is 0 Å². The maximum atomic E-state index is 12.4. The van der Waals surface area contributed by atoms with E-state index in [9.17, 15) is 4.79 Å². The number of aromatic nitrogens is 3. The first-order valence-corrected chi connectivity index (χ1v) is 10.2. The number of aromatic amines is 1. The Kier molecular flexibility index (Phi) is 4.81. The third-order valence-electron chi connectivity index (χ3n) is 4.15. The molecule has 4 nitrogen and oxygen atoms in total. The van der Waals surface area contributed by atoms with Crippen molar-refractivity contribution in [3.05, 3.63) is 76.2 Å². The van der Waals surface area contributed by atoms with Crippen molar-refractivity contribution in [3.8, 4) is 17.1 Å². The molecule has 4 aromatic rings. The number of hydrogen-bond donors (Lipinski definition) is 1. The van der Waals surface area contributed by atoms with Gasteiger partial charge in [-0.25, -0.2) is 4.98 Å². The number of thioether (sulfide) groups is 1. The number of halogens is 1. The second kappa shape index (κ2) is 7.15. The normalized spacial score (nSPS) is 11.9. The predicted molar refractivity (Wildman–Crippen MR) is 118 cm³/mol. The van der Waals surface area contributed by atoms with Gasteiger partial charge in [0.1, 0.15) is 5.82 Å². The van der Waals surface area contributed by atoms with Crippen LogP contribution in [0.2, 0.25) is 5.02 Å². The lowest BCUT2D eigenvalue weighted by Crippen LogP contribution is -2.16. The van der Waals surface area contributed by atoms with Gasteiger partial charge in [-0.15, -0.1) is 11.8 Å². The van der Waals surface area contributed by atoms with Gasteiger partial charge >= 0.3 is 0 Å². The maximum absolute atomic E-state index is 12.4. The summed E-state index contributed by atoms with van der Waals surface area (Å²) in [5.41, 5.74) is 3.31. The summed E-state index contributed by atoms with van der Waals surface area (Å²) in [5, 5.41) is 0.586. The molecule has 0 radical (unpaired) electrons. The van der Waals surface area contributed by atoms with Gasteiger partial charge in [0, 0.05) is 32.5 Å². The first-order chi connectivity index (χ1) is 13.3. The average Bonchev–Trinajstić information content (AvgIpc) is 3.04. The standard InChI is InChI=1S/C22H20ClN3OS/c1-22(2,3)28-17-8-9-18-19(12-17)25-21(24-18)14-7-10-20(27)26(13-14)16-6-4-5-15(23)11-16/h4-13H,1-3H3,(H,24,25). The molecule has 0 saturated carbocycles. The molecule has 4 rings (SSSR count). The highest BCUT2D eigenvalue weighted by atomic mass is 35.5. The Bertz CT molecular complexity index is 1220. The van der Waals surface area contributed by atoms with Gasteiger partial charge in [0.2, 0.25) is 0 Å². The topological polar surface area (TPSA) is 50.7 Å². The third kappa shape index (κ3) is 4.01. The quantitative estimate of drug-likeness (QED) is 0.427.